The molecule has 0 aliphatic heterocycles. The predicted octanol–water partition coefficient (Wildman–Crippen LogP) is 3.27. The van der Waals surface area contributed by atoms with E-state index in [0.29, 0.717) is 19.3 Å². The van der Waals surface area contributed by atoms with Crippen LogP contribution in [0.1, 0.15) is 60.3 Å². The highest BCUT2D eigenvalue weighted by atomic mass is 16.5. The Kier molecular flexibility index (Phi) is 5.59. The van der Waals surface area contributed by atoms with E-state index < -0.39 is 11.6 Å². The number of aliphatic carboxylic acids is 1. The van der Waals surface area contributed by atoms with Crippen LogP contribution >= 0.6 is 0 Å². The van der Waals surface area contributed by atoms with Gasteiger partial charge in [0.25, 0.3) is 0 Å². The SMILES string of the molecule is CC(C)=C1C[C@@H]2[C@](C)(CC[C@@H](OC/C=C(/C)C(=O)O)[C@@]2(C)O)CC1=O. The monoisotopic (exact) mass is 350 g/mol. The second-order valence-corrected chi connectivity index (χ2v) is 8.27. The molecule has 0 aromatic heterocycles. The summed E-state index contributed by atoms with van der Waals surface area (Å²) >= 11 is 0. The van der Waals surface area contributed by atoms with Gasteiger partial charge in [-0.25, -0.2) is 4.79 Å². The molecule has 0 amide bonds. The Labute approximate surface area is 149 Å². The molecule has 0 radical (unpaired) electrons. The lowest BCUT2D eigenvalue weighted by atomic mass is 9.53. The van der Waals surface area contributed by atoms with Crippen molar-refractivity contribution in [2.75, 3.05) is 6.61 Å². The van der Waals surface area contributed by atoms with E-state index in [-0.39, 0.29) is 35.4 Å². The molecule has 0 heterocycles. The molecule has 2 fully saturated rings. The van der Waals surface area contributed by atoms with Crippen LogP contribution in [0.25, 0.3) is 0 Å². The summed E-state index contributed by atoms with van der Waals surface area (Å²) in [5.74, 6) is -0.814. The average Bonchev–Trinajstić information content (AvgIpc) is 2.48. The lowest BCUT2D eigenvalue weighted by molar-refractivity contribution is -0.188. The summed E-state index contributed by atoms with van der Waals surface area (Å²) in [6.07, 6.45) is 3.69. The van der Waals surface area contributed by atoms with Crippen molar-refractivity contribution in [1.82, 2.24) is 0 Å². The number of hydrogen-bond donors (Lipinski definition) is 2. The van der Waals surface area contributed by atoms with Gasteiger partial charge in [0, 0.05) is 12.0 Å². The number of rotatable bonds is 4. The Hall–Kier alpha value is -1.46. The van der Waals surface area contributed by atoms with Crippen molar-refractivity contribution in [2.24, 2.45) is 11.3 Å². The highest BCUT2D eigenvalue weighted by Crippen LogP contribution is 2.55. The third-order valence-corrected chi connectivity index (χ3v) is 6.11. The Morgan fingerprint density at radius 3 is 2.52 bits per heavy atom. The fourth-order valence-electron chi connectivity index (χ4n) is 4.42. The molecule has 2 N–H and O–H groups in total. The summed E-state index contributed by atoms with van der Waals surface area (Å²) in [6, 6.07) is 0. The number of carboxylic acid groups (broad SMARTS) is 1. The number of aliphatic hydroxyl groups is 1. The van der Waals surface area contributed by atoms with Gasteiger partial charge in [-0.15, -0.1) is 0 Å². The Morgan fingerprint density at radius 2 is 1.96 bits per heavy atom. The number of allylic oxidation sites excluding steroid dienone is 2. The molecule has 2 rings (SSSR count). The number of carbonyl (C=O) groups is 2. The molecule has 2 aliphatic rings. The largest absolute Gasteiger partial charge is 0.478 e. The molecule has 5 nitrogen and oxygen atoms in total. The molecule has 0 bridgehead atoms. The number of hydrogen-bond acceptors (Lipinski definition) is 4. The Bertz CT molecular complexity index is 624. The maximum atomic E-state index is 12.5. The summed E-state index contributed by atoms with van der Waals surface area (Å²) in [6.45, 7) is 9.47. The van der Waals surface area contributed by atoms with Gasteiger partial charge in [0.2, 0.25) is 0 Å². The van der Waals surface area contributed by atoms with Gasteiger partial charge in [-0.3, -0.25) is 4.79 Å². The summed E-state index contributed by atoms with van der Waals surface area (Å²) in [5.41, 5.74) is 0.817. The van der Waals surface area contributed by atoms with Gasteiger partial charge in [0.15, 0.2) is 5.78 Å². The standard InChI is InChI=1S/C20H30O5/c1-12(2)14-10-16-19(4,11-15(14)21)8-6-17(20(16,5)24)25-9-7-13(3)18(22)23/h7,16-17,24H,6,8-11H2,1-5H3,(H,22,23)/b13-7-/t16-,17-,19-,20+/m1/s1. The second kappa shape index (κ2) is 7.04. The normalized spacial score (nSPS) is 36.2. The molecular weight excluding hydrogens is 320 g/mol. The van der Waals surface area contributed by atoms with Crippen LogP contribution in [0, 0.1) is 11.3 Å². The average molecular weight is 350 g/mol. The summed E-state index contributed by atoms with van der Waals surface area (Å²) in [7, 11) is 0. The third kappa shape index (κ3) is 3.87. The summed E-state index contributed by atoms with van der Waals surface area (Å²) < 4.78 is 5.84. The van der Waals surface area contributed by atoms with Gasteiger partial charge in [-0.05, 0) is 69.9 Å². The first-order valence-corrected chi connectivity index (χ1v) is 8.92. The van der Waals surface area contributed by atoms with Crippen LogP contribution in [0.4, 0.5) is 0 Å². The van der Waals surface area contributed by atoms with E-state index >= 15 is 0 Å². The van der Waals surface area contributed by atoms with Crippen molar-refractivity contribution in [3.8, 4) is 0 Å². The maximum absolute atomic E-state index is 12.5. The molecule has 4 atom stereocenters. The van der Waals surface area contributed by atoms with Gasteiger partial charge in [0.1, 0.15) is 0 Å². The number of Topliss-reactive ketones (excluding diaryl/α,β-unsaturated/α-hetero) is 1. The van der Waals surface area contributed by atoms with Crippen LogP contribution in [0.2, 0.25) is 0 Å². The van der Waals surface area contributed by atoms with E-state index in [9.17, 15) is 14.7 Å². The van der Waals surface area contributed by atoms with Crippen LogP contribution in [-0.4, -0.2) is 40.3 Å². The van der Waals surface area contributed by atoms with Crippen molar-refractivity contribution in [3.63, 3.8) is 0 Å². The molecule has 25 heavy (non-hydrogen) atoms. The van der Waals surface area contributed by atoms with E-state index in [2.05, 4.69) is 6.92 Å². The van der Waals surface area contributed by atoms with Gasteiger partial charge >= 0.3 is 5.97 Å². The van der Waals surface area contributed by atoms with Crippen LogP contribution in [0.15, 0.2) is 22.8 Å². The first-order chi connectivity index (χ1) is 11.5. The zero-order valence-electron chi connectivity index (χ0n) is 15.9. The molecule has 2 saturated carbocycles. The molecule has 0 spiro atoms. The highest BCUT2D eigenvalue weighted by molar-refractivity contribution is 5.97. The number of carbonyl (C=O) groups excluding carboxylic acids is 1. The van der Waals surface area contributed by atoms with Gasteiger partial charge in [-0.1, -0.05) is 12.5 Å². The molecule has 5 heteroatoms. The van der Waals surface area contributed by atoms with Gasteiger partial charge in [0.05, 0.1) is 18.3 Å². The van der Waals surface area contributed by atoms with E-state index in [0.717, 1.165) is 17.6 Å². The molecule has 0 aromatic rings. The van der Waals surface area contributed by atoms with E-state index in [1.807, 2.05) is 13.8 Å². The fraction of sp³-hybridized carbons (Fsp3) is 0.700. The lowest BCUT2D eigenvalue weighted by Gasteiger charge is -2.55. The summed E-state index contributed by atoms with van der Waals surface area (Å²) in [5, 5.41) is 20.2. The van der Waals surface area contributed by atoms with Crippen molar-refractivity contribution in [1.29, 1.82) is 0 Å². The zero-order valence-corrected chi connectivity index (χ0v) is 15.9. The predicted molar refractivity (Wildman–Crippen MR) is 95.2 cm³/mol. The Balaban J connectivity index is 2.19. The fourth-order valence-corrected chi connectivity index (χ4v) is 4.42. The minimum atomic E-state index is -1.06. The van der Waals surface area contributed by atoms with Crippen molar-refractivity contribution >= 4 is 11.8 Å². The molecule has 0 aromatic carbocycles. The maximum Gasteiger partial charge on any atom is 0.331 e. The lowest BCUT2D eigenvalue weighted by Crippen LogP contribution is -2.59. The molecular formula is C20H30O5. The van der Waals surface area contributed by atoms with Gasteiger partial charge < -0.3 is 14.9 Å². The van der Waals surface area contributed by atoms with Gasteiger partial charge in [-0.2, -0.15) is 0 Å². The molecule has 140 valence electrons. The number of ketones is 1. The zero-order chi connectivity index (χ0) is 19.0. The Morgan fingerprint density at radius 1 is 1.32 bits per heavy atom. The van der Waals surface area contributed by atoms with Crippen molar-refractivity contribution < 1.29 is 24.5 Å². The molecule has 2 aliphatic carbocycles. The van der Waals surface area contributed by atoms with E-state index in [4.69, 9.17) is 9.84 Å². The second-order valence-electron chi connectivity index (χ2n) is 8.27. The summed E-state index contributed by atoms with van der Waals surface area (Å²) in [4.78, 5) is 23.3. The third-order valence-electron chi connectivity index (χ3n) is 6.11. The van der Waals surface area contributed by atoms with Crippen LogP contribution in [0.5, 0.6) is 0 Å². The van der Waals surface area contributed by atoms with E-state index in [1.165, 1.54) is 13.0 Å². The number of fused-ring (bicyclic) bond motifs is 1. The van der Waals surface area contributed by atoms with Crippen molar-refractivity contribution in [3.05, 3.63) is 22.8 Å². The topological polar surface area (TPSA) is 83.8 Å². The first-order valence-electron chi connectivity index (χ1n) is 8.92. The number of carboxylic acids is 1. The smallest absolute Gasteiger partial charge is 0.331 e. The number of ether oxygens (including phenoxy) is 1. The minimum Gasteiger partial charge on any atom is -0.478 e. The van der Waals surface area contributed by atoms with Crippen LogP contribution in [-0.2, 0) is 14.3 Å². The van der Waals surface area contributed by atoms with Crippen LogP contribution in [0.3, 0.4) is 0 Å². The minimum absolute atomic E-state index is 0.0501. The van der Waals surface area contributed by atoms with E-state index in [1.54, 1.807) is 6.92 Å². The highest BCUT2D eigenvalue weighted by Gasteiger charge is 2.56. The molecule has 0 saturated heterocycles. The quantitative estimate of drug-likeness (QED) is 0.760. The first kappa shape index (κ1) is 19.9. The van der Waals surface area contributed by atoms with Crippen molar-refractivity contribution in [2.45, 2.75) is 72.0 Å². The van der Waals surface area contributed by atoms with Crippen LogP contribution < -0.4 is 0 Å². The molecule has 0 unspecified atom stereocenters.